The molecule has 2 saturated heterocycles. The van der Waals surface area contributed by atoms with Crippen LogP contribution < -0.4 is 0 Å². The first-order valence-electron chi connectivity index (χ1n) is 7.39. The number of piperazine rings is 1. The van der Waals surface area contributed by atoms with Gasteiger partial charge in [0.05, 0.1) is 0 Å². The summed E-state index contributed by atoms with van der Waals surface area (Å²) in [6, 6.07) is 10.0. The quantitative estimate of drug-likeness (QED) is 0.864. The fraction of sp³-hybridized carbons (Fsp3) is 0.375. The van der Waals surface area contributed by atoms with Crippen LogP contribution >= 0.6 is 0 Å². The normalized spacial score (nSPS) is 21.9. The molecule has 1 atom stereocenters. The van der Waals surface area contributed by atoms with Crippen LogP contribution in [-0.2, 0) is 4.79 Å². The van der Waals surface area contributed by atoms with E-state index in [-0.39, 0.29) is 17.9 Å². The number of nitrogens with one attached hydrogen (secondary N) is 1. The van der Waals surface area contributed by atoms with E-state index in [0.29, 0.717) is 31.7 Å². The standard InChI is InChI=1S/C16H17N3O2/c20-15-6-5-12-10-18(7-8-19(12)15)16(21)14-9-11-3-1-2-4-13(11)17-14/h1-4,9,12,17H,5-8,10H2. The minimum Gasteiger partial charge on any atom is -0.351 e. The molecule has 2 amide bonds. The van der Waals surface area contributed by atoms with Gasteiger partial charge in [0.15, 0.2) is 0 Å². The fourth-order valence-corrected chi connectivity index (χ4v) is 3.41. The van der Waals surface area contributed by atoms with Crippen LogP contribution in [0.5, 0.6) is 0 Å². The Labute approximate surface area is 122 Å². The lowest BCUT2D eigenvalue weighted by atomic mass is 10.1. The van der Waals surface area contributed by atoms with Crippen molar-refractivity contribution in [3.63, 3.8) is 0 Å². The van der Waals surface area contributed by atoms with Crippen LogP contribution in [0, 0.1) is 0 Å². The molecule has 5 heteroatoms. The summed E-state index contributed by atoms with van der Waals surface area (Å²) in [6.45, 7) is 1.94. The molecule has 2 aliphatic rings. The zero-order valence-corrected chi connectivity index (χ0v) is 11.7. The maximum Gasteiger partial charge on any atom is 0.270 e. The summed E-state index contributed by atoms with van der Waals surface area (Å²) in [6.07, 6.45) is 1.49. The van der Waals surface area contributed by atoms with E-state index in [9.17, 15) is 9.59 Å². The molecule has 1 unspecified atom stereocenters. The third-order valence-electron chi connectivity index (χ3n) is 4.54. The van der Waals surface area contributed by atoms with Crippen LogP contribution in [0.1, 0.15) is 23.3 Å². The van der Waals surface area contributed by atoms with Gasteiger partial charge in [0.25, 0.3) is 5.91 Å². The van der Waals surface area contributed by atoms with Crippen molar-refractivity contribution in [2.45, 2.75) is 18.9 Å². The first-order valence-corrected chi connectivity index (χ1v) is 7.39. The number of amides is 2. The van der Waals surface area contributed by atoms with Gasteiger partial charge in [0.1, 0.15) is 5.69 Å². The number of benzene rings is 1. The maximum atomic E-state index is 12.6. The van der Waals surface area contributed by atoms with E-state index >= 15 is 0 Å². The number of hydrogen-bond acceptors (Lipinski definition) is 2. The Kier molecular flexibility index (Phi) is 2.74. The van der Waals surface area contributed by atoms with Crippen molar-refractivity contribution in [2.24, 2.45) is 0 Å². The predicted octanol–water partition coefficient (Wildman–Crippen LogP) is 1.61. The second-order valence-corrected chi connectivity index (χ2v) is 5.80. The van der Waals surface area contributed by atoms with Crippen LogP contribution in [0.2, 0.25) is 0 Å². The van der Waals surface area contributed by atoms with Crippen LogP contribution in [0.25, 0.3) is 10.9 Å². The number of aromatic nitrogens is 1. The van der Waals surface area contributed by atoms with Gasteiger partial charge in [0, 0.05) is 43.0 Å². The number of H-pyrrole nitrogens is 1. The van der Waals surface area contributed by atoms with Crippen molar-refractivity contribution in [2.75, 3.05) is 19.6 Å². The molecular weight excluding hydrogens is 266 g/mol. The highest BCUT2D eigenvalue weighted by atomic mass is 16.2. The summed E-state index contributed by atoms with van der Waals surface area (Å²) < 4.78 is 0. The van der Waals surface area contributed by atoms with Crippen molar-refractivity contribution < 1.29 is 9.59 Å². The van der Waals surface area contributed by atoms with Crippen LogP contribution in [-0.4, -0.2) is 52.3 Å². The molecule has 108 valence electrons. The van der Waals surface area contributed by atoms with Crippen molar-refractivity contribution in [1.29, 1.82) is 0 Å². The zero-order valence-electron chi connectivity index (χ0n) is 11.7. The molecule has 5 nitrogen and oxygen atoms in total. The molecule has 21 heavy (non-hydrogen) atoms. The number of rotatable bonds is 1. The number of hydrogen-bond donors (Lipinski definition) is 1. The van der Waals surface area contributed by atoms with Crippen molar-refractivity contribution in [1.82, 2.24) is 14.8 Å². The van der Waals surface area contributed by atoms with E-state index in [0.717, 1.165) is 17.3 Å². The first-order chi connectivity index (χ1) is 10.2. The van der Waals surface area contributed by atoms with Gasteiger partial charge in [-0.25, -0.2) is 0 Å². The first kappa shape index (κ1) is 12.4. The number of para-hydroxylation sites is 1. The highest BCUT2D eigenvalue weighted by Crippen LogP contribution is 2.24. The van der Waals surface area contributed by atoms with Crippen molar-refractivity contribution in [3.8, 4) is 0 Å². The molecule has 0 radical (unpaired) electrons. The minimum atomic E-state index is 0.0326. The van der Waals surface area contributed by atoms with Crippen LogP contribution in [0.3, 0.4) is 0 Å². The molecule has 2 aliphatic heterocycles. The Morgan fingerprint density at radius 2 is 2.10 bits per heavy atom. The largest absolute Gasteiger partial charge is 0.351 e. The number of carbonyl (C=O) groups excluding carboxylic acids is 2. The lowest BCUT2D eigenvalue weighted by Crippen LogP contribution is -2.53. The van der Waals surface area contributed by atoms with Gasteiger partial charge < -0.3 is 14.8 Å². The van der Waals surface area contributed by atoms with Crippen molar-refractivity contribution in [3.05, 3.63) is 36.0 Å². The molecule has 0 aliphatic carbocycles. The highest BCUT2D eigenvalue weighted by Gasteiger charge is 2.37. The van der Waals surface area contributed by atoms with Gasteiger partial charge in [-0.05, 0) is 18.6 Å². The Morgan fingerprint density at radius 1 is 1.24 bits per heavy atom. The lowest BCUT2D eigenvalue weighted by molar-refractivity contribution is -0.130. The second kappa shape index (κ2) is 4.62. The average Bonchev–Trinajstić information content (AvgIpc) is 3.10. The summed E-state index contributed by atoms with van der Waals surface area (Å²) in [7, 11) is 0. The summed E-state index contributed by atoms with van der Waals surface area (Å²) in [5.74, 6) is 0.267. The third-order valence-corrected chi connectivity index (χ3v) is 4.54. The summed E-state index contributed by atoms with van der Waals surface area (Å²) in [5, 5.41) is 1.05. The monoisotopic (exact) mass is 283 g/mol. The number of carbonyl (C=O) groups is 2. The Hall–Kier alpha value is -2.30. The molecule has 1 aromatic carbocycles. The highest BCUT2D eigenvalue weighted by molar-refractivity contribution is 5.98. The third kappa shape index (κ3) is 2.00. The maximum absolute atomic E-state index is 12.6. The minimum absolute atomic E-state index is 0.0326. The number of fused-ring (bicyclic) bond motifs is 2. The number of nitrogens with zero attached hydrogens (tertiary/aromatic N) is 2. The molecule has 2 aromatic rings. The molecule has 1 N–H and O–H groups in total. The van der Waals surface area contributed by atoms with E-state index in [1.165, 1.54) is 0 Å². The average molecular weight is 283 g/mol. The fourth-order valence-electron chi connectivity index (χ4n) is 3.41. The Bertz CT molecular complexity index is 688. The van der Waals surface area contributed by atoms with Gasteiger partial charge >= 0.3 is 0 Å². The van der Waals surface area contributed by atoms with Crippen LogP contribution in [0.15, 0.2) is 30.3 Å². The zero-order chi connectivity index (χ0) is 14.4. The van der Waals surface area contributed by atoms with E-state index in [1.807, 2.05) is 40.1 Å². The summed E-state index contributed by atoms with van der Waals surface area (Å²) in [4.78, 5) is 31.3. The topological polar surface area (TPSA) is 56.4 Å². The smallest absolute Gasteiger partial charge is 0.270 e. The second-order valence-electron chi connectivity index (χ2n) is 5.80. The lowest BCUT2D eigenvalue weighted by Gasteiger charge is -2.37. The van der Waals surface area contributed by atoms with Gasteiger partial charge in [0.2, 0.25) is 5.91 Å². The molecule has 3 heterocycles. The summed E-state index contributed by atoms with van der Waals surface area (Å²) >= 11 is 0. The van der Waals surface area contributed by atoms with Crippen LogP contribution in [0.4, 0.5) is 0 Å². The van der Waals surface area contributed by atoms with E-state index in [1.54, 1.807) is 0 Å². The number of aromatic amines is 1. The molecule has 0 spiro atoms. The molecule has 1 aromatic heterocycles. The van der Waals surface area contributed by atoms with E-state index in [4.69, 9.17) is 0 Å². The van der Waals surface area contributed by atoms with Gasteiger partial charge in [-0.3, -0.25) is 9.59 Å². The van der Waals surface area contributed by atoms with Gasteiger partial charge in [-0.15, -0.1) is 0 Å². The molecular formula is C16H17N3O2. The van der Waals surface area contributed by atoms with Crippen molar-refractivity contribution >= 4 is 22.7 Å². The van der Waals surface area contributed by atoms with Gasteiger partial charge in [-0.2, -0.15) is 0 Å². The molecule has 0 saturated carbocycles. The SMILES string of the molecule is O=C(c1cc2ccccc2[nH]1)N1CCN2C(=O)CCC2C1. The predicted molar refractivity (Wildman–Crippen MR) is 78.9 cm³/mol. The van der Waals surface area contributed by atoms with E-state index in [2.05, 4.69) is 4.98 Å². The summed E-state index contributed by atoms with van der Waals surface area (Å²) in [5.41, 5.74) is 1.62. The van der Waals surface area contributed by atoms with Gasteiger partial charge in [-0.1, -0.05) is 18.2 Å². The van der Waals surface area contributed by atoms with E-state index < -0.39 is 0 Å². The molecule has 0 bridgehead atoms. The Balaban J connectivity index is 1.56. The molecule has 4 rings (SSSR count). The Morgan fingerprint density at radius 3 is 2.95 bits per heavy atom. The molecule has 2 fully saturated rings.